The summed E-state index contributed by atoms with van der Waals surface area (Å²) in [7, 11) is 0.389. The van der Waals surface area contributed by atoms with Crippen molar-refractivity contribution in [2.75, 3.05) is 46.1 Å². The second-order valence-electron chi connectivity index (χ2n) is 8.21. The highest BCUT2D eigenvalue weighted by Gasteiger charge is 2.24. The normalized spacial score (nSPS) is 22.0. The summed E-state index contributed by atoms with van der Waals surface area (Å²) in [5.41, 5.74) is 2.10. The monoisotopic (exact) mass is 405 g/mol. The van der Waals surface area contributed by atoms with E-state index < -0.39 is 0 Å². The molecular weight excluding hydrogens is 373 g/mol. The van der Waals surface area contributed by atoms with E-state index in [4.69, 9.17) is 14.2 Å². The van der Waals surface area contributed by atoms with Gasteiger partial charge in [0.2, 0.25) is 0 Å². The summed E-state index contributed by atoms with van der Waals surface area (Å²) in [6.45, 7) is 6.24. The van der Waals surface area contributed by atoms with Crippen LogP contribution in [0.2, 0.25) is 0 Å². The lowest BCUT2D eigenvalue weighted by molar-refractivity contribution is -0.112. The van der Waals surface area contributed by atoms with E-state index in [1.807, 2.05) is 6.07 Å². The topological polar surface area (TPSA) is 48.0 Å². The van der Waals surface area contributed by atoms with Gasteiger partial charge in [-0.1, -0.05) is 6.07 Å². The van der Waals surface area contributed by atoms with Crippen molar-refractivity contribution in [1.29, 1.82) is 0 Å². The molecule has 2 atom stereocenters. The highest BCUT2D eigenvalue weighted by atomic mass is 31.1. The molecule has 1 aromatic rings. The van der Waals surface area contributed by atoms with Crippen molar-refractivity contribution in [3.05, 3.63) is 23.8 Å². The fraction of sp³-hybridized carbons (Fsp3) is 0.682. The molecule has 0 bridgehead atoms. The highest BCUT2D eigenvalue weighted by Crippen LogP contribution is 2.34. The van der Waals surface area contributed by atoms with E-state index in [1.165, 1.54) is 31.5 Å². The molecule has 3 heterocycles. The van der Waals surface area contributed by atoms with E-state index in [9.17, 15) is 4.79 Å². The predicted octanol–water partition coefficient (Wildman–Crippen LogP) is 3.49. The number of fused-ring (bicyclic) bond motifs is 1. The average Bonchev–Trinajstić information content (AvgIpc) is 3.21. The van der Waals surface area contributed by atoms with Crippen LogP contribution in [0.3, 0.4) is 0 Å². The van der Waals surface area contributed by atoms with E-state index in [2.05, 4.69) is 17.0 Å². The second kappa shape index (κ2) is 10.0. The fourth-order valence-corrected chi connectivity index (χ4v) is 5.99. The first-order valence-electron chi connectivity index (χ1n) is 10.7. The van der Waals surface area contributed by atoms with Gasteiger partial charge in [-0.25, -0.2) is 0 Å². The minimum Gasteiger partial charge on any atom is -0.486 e. The van der Waals surface area contributed by atoms with E-state index in [0.29, 0.717) is 38.9 Å². The van der Waals surface area contributed by atoms with Gasteiger partial charge in [-0.2, -0.15) is 0 Å². The number of benzene rings is 1. The summed E-state index contributed by atoms with van der Waals surface area (Å²) in [5.74, 6) is 2.21. The molecule has 2 saturated heterocycles. The lowest BCUT2D eigenvalue weighted by Gasteiger charge is -2.26. The predicted molar refractivity (Wildman–Crippen MR) is 112 cm³/mol. The van der Waals surface area contributed by atoms with Gasteiger partial charge in [0, 0.05) is 26.2 Å². The number of carbonyl (C=O) groups is 1. The Labute approximate surface area is 169 Å². The van der Waals surface area contributed by atoms with Gasteiger partial charge in [0.05, 0.1) is 0 Å². The lowest BCUT2D eigenvalue weighted by atomic mass is 9.97. The first-order valence-corrected chi connectivity index (χ1v) is 11.8. The van der Waals surface area contributed by atoms with Gasteiger partial charge in [-0.3, -0.25) is 4.79 Å². The molecule has 0 amide bonds. The first-order chi connectivity index (χ1) is 13.8. The van der Waals surface area contributed by atoms with Crippen LogP contribution in [0.15, 0.2) is 18.2 Å². The molecule has 2 fully saturated rings. The molecule has 6 heteroatoms. The van der Waals surface area contributed by atoms with Crippen molar-refractivity contribution < 1.29 is 19.0 Å². The van der Waals surface area contributed by atoms with Crippen LogP contribution < -0.4 is 9.47 Å². The Hall–Kier alpha value is -1.16. The van der Waals surface area contributed by atoms with Gasteiger partial charge in [0.1, 0.15) is 13.2 Å². The molecule has 3 aliphatic rings. The zero-order valence-electron chi connectivity index (χ0n) is 16.7. The third-order valence-corrected chi connectivity index (χ3v) is 7.27. The summed E-state index contributed by atoms with van der Waals surface area (Å²) >= 11 is 0. The largest absolute Gasteiger partial charge is 0.486 e. The molecule has 0 aromatic heterocycles. The second-order valence-corrected chi connectivity index (χ2v) is 9.88. The smallest absolute Gasteiger partial charge is 0.161 e. The van der Waals surface area contributed by atoms with Crippen molar-refractivity contribution in [3.63, 3.8) is 0 Å². The van der Waals surface area contributed by atoms with Crippen LogP contribution in [0, 0.1) is 5.92 Å². The van der Waals surface area contributed by atoms with Crippen LogP contribution >= 0.6 is 8.58 Å². The number of nitrogens with zero attached hydrogens (tertiary/aromatic N) is 1. The molecule has 28 heavy (non-hydrogen) atoms. The fourth-order valence-electron chi connectivity index (χ4n) is 4.44. The number of carbonyl (C=O) groups excluding carboxylic acids is 1. The minimum atomic E-state index is 0.389. The zero-order chi connectivity index (χ0) is 19.2. The molecule has 3 aliphatic heterocycles. The minimum absolute atomic E-state index is 0.389. The summed E-state index contributed by atoms with van der Waals surface area (Å²) in [4.78, 5) is 15.4. The van der Waals surface area contributed by atoms with Crippen LogP contribution in [0.4, 0.5) is 0 Å². The Morgan fingerprint density at radius 1 is 1.07 bits per heavy atom. The summed E-state index contributed by atoms with van der Waals surface area (Å²) < 4.78 is 16.8. The molecular formula is C22H32NO4P. The summed E-state index contributed by atoms with van der Waals surface area (Å²) in [6, 6.07) is 6.26. The van der Waals surface area contributed by atoms with E-state index in [1.54, 1.807) is 0 Å². The zero-order valence-corrected chi connectivity index (χ0v) is 17.7. The molecule has 0 N–H and O–H groups in total. The SMILES string of the molecule is O=C(CC1CCOCC1)PC(Cc1ccc2c(c1)OCCO2)CN1CCCC1. The Kier molecular flexibility index (Phi) is 7.22. The lowest BCUT2D eigenvalue weighted by Crippen LogP contribution is -2.30. The molecule has 5 nitrogen and oxygen atoms in total. The van der Waals surface area contributed by atoms with Crippen LogP contribution in [-0.4, -0.2) is 62.1 Å². The van der Waals surface area contributed by atoms with Crippen molar-refractivity contribution in [3.8, 4) is 11.5 Å². The van der Waals surface area contributed by atoms with Crippen LogP contribution in [0.25, 0.3) is 0 Å². The maximum Gasteiger partial charge on any atom is 0.161 e. The molecule has 2 unspecified atom stereocenters. The first kappa shape index (κ1) is 20.1. The molecule has 0 radical (unpaired) electrons. The van der Waals surface area contributed by atoms with Crippen LogP contribution in [0.1, 0.15) is 37.7 Å². The Balaban J connectivity index is 1.38. The Morgan fingerprint density at radius 2 is 1.82 bits per heavy atom. The van der Waals surface area contributed by atoms with Crippen LogP contribution in [0.5, 0.6) is 11.5 Å². The molecule has 1 aromatic carbocycles. The molecule has 0 aliphatic carbocycles. The van der Waals surface area contributed by atoms with E-state index in [-0.39, 0.29) is 0 Å². The third kappa shape index (κ3) is 5.68. The van der Waals surface area contributed by atoms with Gasteiger partial charge in [-0.05, 0) is 83.0 Å². The van der Waals surface area contributed by atoms with Crippen molar-refractivity contribution in [2.24, 2.45) is 5.92 Å². The van der Waals surface area contributed by atoms with Gasteiger partial charge in [-0.15, -0.1) is 0 Å². The number of ether oxygens (including phenoxy) is 3. The number of likely N-dealkylation sites (tertiary alicyclic amines) is 1. The maximum absolute atomic E-state index is 12.8. The van der Waals surface area contributed by atoms with Gasteiger partial charge in [0.25, 0.3) is 0 Å². The number of hydrogen-bond donors (Lipinski definition) is 0. The maximum atomic E-state index is 12.8. The Bertz CT molecular complexity index is 656. The highest BCUT2D eigenvalue weighted by molar-refractivity contribution is 7.58. The van der Waals surface area contributed by atoms with Gasteiger partial charge in [0.15, 0.2) is 17.0 Å². The quantitative estimate of drug-likeness (QED) is 0.620. The molecule has 0 saturated carbocycles. The van der Waals surface area contributed by atoms with Crippen molar-refractivity contribution >= 4 is 14.1 Å². The van der Waals surface area contributed by atoms with Gasteiger partial charge < -0.3 is 19.1 Å². The van der Waals surface area contributed by atoms with E-state index in [0.717, 1.165) is 56.9 Å². The molecule has 154 valence electrons. The third-order valence-electron chi connectivity index (χ3n) is 5.95. The number of hydrogen-bond acceptors (Lipinski definition) is 5. The summed E-state index contributed by atoms with van der Waals surface area (Å²) in [6.07, 6.45) is 6.32. The standard InChI is InChI=1S/C22H32NO4P/c24-22(15-17-5-9-25-10-6-17)28-19(16-23-7-1-2-8-23)13-18-3-4-20-21(14-18)27-12-11-26-20/h3-4,14,17,19,28H,1-2,5-13,15-16H2. The average molecular weight is 405 g/mol. The summed E-state index contributed by atoms with van der Waals surface area (Å²) in [5, 5.41) is 0. The number of rotatable bonds is 8. The van der Waals surface area contributed by atoms with Crippen LogP contribution in [-0.2, 0) is 16.0 Å². The molecule has 4 rings (SSSR count). The van der Waals surface area contributed by atoms with Crippen molar-refractivity contribution in [2.45, 2.75) is 44.2 Å². The van der Waals surface area contributed by atoms with Gasteiger partial charge >= 0.3 is 0 Å². The Morgan fingerprint density at radius 3 is 2.61 bits per heavy atom. The molecule has 0 spiro atoms. The van der Waals surface area contributed by atoms with E-state index >= 15 is 0 Å². The van der Waals surface area contributed by atoms with Crippen molar-refractivity contribution in [1.82, 2.24) is 4.90 Å².